The van der Waals surface area contributed by atoms with Gasteiger partial charge in [-0.1, -0.05) is 29.8 Å². The van der Waals surface area contributed by atoms with E-state index in [0.29, 0.717) is 11.6 Å². The molecule has 0 fully saturated rings. The fourth-order valence-electron chi connectivity index (χ4n) is 1.94. The Morgan fingerprint density at radius 3 is 2.19 bits per heavy atom. The van der Waals surface area contributed by atoms with Crippen molar-refractivity contribution in [2.45, 2.75) is 24.7 Å². The van der Waals surface area contributed by atoms with Crippen molar-refractivity contribution in [2.75, 3.05) is 10.6 Å². The highest BCUT2D eigenvalue weighted by atomic mass is 35.5. The highest BCUT2D eigenvalue weighted by Gasteiger charge is 2.13. The Bertz CT molecular complexity index is 679. The first-order valence-corrected chi connectivity index (χ1v) is 8.77. The summed E-state index contributed by atoms with van der Waals surface area (Å²) in [5.74, 6) is 0.606. The number of hydrogen-bond donors (Lipinski definition) is 1. The van der Waals surface area contributed by atoms with Gasteiger partial charge in [0.1, 0.15) is 0 Å². The van der Waals surface area contributed by atoms with Crippen molar-refractivity contribution < 1.29 is 8.42 Å². The molecule has 0 radical (unpaired) electrons. The molecule has 112 valence electrons. The summed E-state index contributed by atoms with van der Waals surface area (Å²) in [5, 5.41) is 0. The second-order valence-corrected chi connectivity index (χ2v) is 6.97. The summed E-state index contributed by atoms with van der Waals surface area (Å²) >= 11 is 5.65. The molecule has 5 heteroatoms. The van der Waals surface area contributed by atoms with Gasteiger partial charge in [0, 0.05) is 11.6 Å². The molecule has 0 atom stereocenters. The van der Waals surface area contributed by atoms with Gasteiger partial charge < -0.3 is 0 Å². The third kappa shape index (κ3) is 4.48. The predicted molar refractivity (Wildman–Crippen MR) is 87.5 cm³/mol. The van der Waals surface area contributed by atoms with E-state index in [1.807, 2.05) is 31.2 Å². The lowest BCUT2D eigenvalue weighted by Gasteiger charge is -2.09. The predicted octanol–water partition coefficient (Wildman–Crippen LogP) is 3.97. The number of aryl methyl sites for hydroxylation is 2. The molecule has 0 spiro atoms. The topological polar surface area (TPSA) is 46.2 Å². The van der Waals surface area contributed by atoms with Gasteiger partial charge in [-0.15, -0.1) is 11.6 Å². The molecule has 1 N–H and O–H groups in total. The van der Waals surface area contributed by atoms with E-state index in [2.05, 4.69) is 4.72 Å². The van der Waals surface area contributed by atoms with E-state index < -0.39 is 10.0 Å². The smallest absolute Gasteiger partial charge is 0.261 e. The Morgan fingerprint density at radius 1 is 1.00 bits per heavy atom. The summed E-state index contributed by atoms with van der Waals surface area (Å²) in [4.78, 5) is 0.262. The van der Waals surface area contributed by atoms with Crippen molar-refractivity contribution in [2.24, 2.45) is 0 Å². The highest BCUT2D eigenvalue weighted by Crippen LogP contribution is 2.17. The first kappa shape index (κ1) is 15.9. The van der Waals surface area contributed by atoms with Gasteiger partial charge in [0.25, 0.3) is 10.0 Å². The number of anilines is 1. The van der Waals surface area contributed by atoms with E-state index in [1.54, 1.807) is 24.3 Å². The van der Waals surface area contributed by atoms with E-state index >= 15 is 0 Å². The van der Waals surface area contributed by atoms with E-state index in [4.69, 9.17) is 11.6 Å². The zero-order valence-electron chi connectivity index (χ0n) is 11.8. The molecule has 0 bridgehead atoms. The third-order valence-electron chi connectivity index (χ3n) is 3.14. The Labute approximate surface area is 131 Å². The molecule has 0 saturated carbocycles. The normalized spacial score (nSPS) is 11.3. The van der Waals surface area contributed by atoms with E-state index in [9.17, 15) is 8.42 Å². The molecule has 0 heterocycles. The van der Waals surface area contributed by atoms with Crippen molar-refractivity contribution >= 4 is 27.3 Å². The van der Waals surface area contributed by atoms with Gasteiger partial charge in [0.2, 0.25) is 0 Å². The number of hydrogen-bond acceptors (Lipinski definition) is 2. The largest absolute Gasteiger partial charge is 0.280 e. The second-order valence-electron chi connectivity index (χ2n) is 4.91. The molecule has 0 aliphatic rings. The lowest BCUT2D eigenvalue weighted by Crippen LogP contribution is -2.12. The Balaban J connectivity index is 2.13. The van der Waals surface area contributed by atoms with Gasteiger partial charge in [-0.25, -0.2) is 8.42 Å². The molecule has 0 unspecified atom stereocenters. The maximum absolute atomic E-state index is 12.3. The van der Waals surface area contributed by atoms with Gasteiger partial charge in [0.15, 0.2) is 0 Å². The molecular weight excluding hydrogens is 306 g/mol. The molecule has 21 heavy (non-hydrogen) atoms. The number of sulfonamides is 1. The monoisotopic (exact) mass is 323 g/mol. The first-order valence-electron chi connectivity index (χ1n) is 6.76. The zero-order valence-corrected chi connectivity index (χ0v) is 13.4. The van der Waals surface area contributed by atoms with E-state index in [0.717, 1.165) is 24.0 Å². The summed E-state index contributed by atoms with van der Waals surface area (Å²) in [6.07, 6.45) is 1.74. The second kappa shape index (κ2) is 6.96. The molecule has 0 amide bonds. The number of nitrogens with one attached hydrogen (secondary N) is 1. The van der Waals surface area contributed by atoms with Crippen LogP contribution in [0.2, 0.25) is 0 Å². The molecule has 2 rings (SSSR count). The molecule has 2 aromatic rings. The van der Waals surface area contributed by atoms with Crippen molar-refractivity contribution in [1.82, 2.24) is 0 Å². The quantitative estimate of drug-likeness (QED) is 0.818. The number of rotatable bonds is 6. The maximum atomic E-state index is 12.3. The summed E-state index contributed by atoms with van der Waals surface area (Å²) in [6, 6.07) is 14.1. The Hall–Kier alpha value is -1.52. The van der Waals surface area contributed by atoms with Gasteiger partial charge in [-0.3, -0.25) is 4.72 Å². The SMILES string of the molecule is Cc1ccc(NS(=O)(=O)c2ccc(CCCCl)cc2)cc1. The fraction of sp³-hybridized carbons (Fsp3) is 0.250. The van der Waals surface area contributed by atoms with Crippen molar-refractivity contribution in [1.29, 1.82) is 0 Å². The van der Waals surface area contributed by atoms with Crippen molar-refractivity contribution in [3.63, 3.8) is 0 Å². The van der Waals surface area contributed by atoms with Crippen LogP contribution in [0.5, 0.6) is 0 Å². The van der Waals surface area contributed by atoms with Crippen LogP contribution in [-0.2, 0) is 16.4 Å². The van der Waals surface area contributed by atoms with Crippen LogP contribution in [0.3, 0.4) is 0 Å². The van der Waals surface area contributed by atoms with Crippen LogP contribution in [0.15, 0.2) is 53.4 Å². The molecule has 0 aliphatic carbocycles. The van der Waals surface area contributed by atoms with Gasteiger partial charge in [-0.05, 0) is 49.6 Å². The molecule has 0 aromatic heterocycles. The zero-order chi connectivity index (χ0) is 15.3. The summed E-state index contributed by atoms with van der Waals surface area (Å²) in [5.41, 5.74) is 2.73. The minimum atomic E-state index is -3.54. The maximum Gasteiger partial charge on any atom is 0.261 e. The lowest BCUT2D eigenvalue weighted by atomic mass is 10.1. The van der Waals surface area contributed by atoms with Crippen LogP contribution in [0, 0.1) is 6.92 Å². The molecule has 2 aromatic carbocycles. The van der Waals surface area contributed by atoms with Gasteiger partial charge >= 0.3 is 0 Å². The fourth-order valence-corrected chi connectivity index (χ4v) is 3.13. The van der Waals surface area contributed by atoms with Crippen molar-refractivity contribution in [3.05, 3.63) is 59.7 Å². The van der Waals surface area contributed by atoms with Gasteiger partial charge in [-0.2, -0.15) is 0 Å². The van der Waals surface area contributed by atoms with Crippen LogP contribution in [-0.4, -0.2) is 14.3 Å². The average Bonchev–Trinajstić information content (AvgIpc) is 2.48. The minimum absolute atomic E-state index is 0.262. The molecular formula is C16H18ClNO2S. The van der Waals surface area contributed by atoms with Crippen LogP contribution in [0.25, 0.3) is 0 Å². The highest BCUT2D eigenvalue weighted by molar-refractivity contribution is 7.92. The molecule has 0 saturated heterocycles. The summed E-state index contributed by atoms with van der Waals surface area (Å²) in [7, 11) is -3.54. The van der Waals surface area contributed by atoms with E-state index in [-0.39, 0.29) is 4.90 Å². The Morgan fingerprint density at radius 2 is 1.62 bits per heavy atom. The molecule has 0 aliphatic heterocycles. The Kier molecular flexibility index (Phi) is 5.26. The van der Waals surface area contributed by atoms with Gasteiger partial charge in [0.05, 0.1) is 4.90 Å². The lowest BCUT2D eigenvalue weighted by molar-refractivity contribution is 0.601. The first-order chi connectivity index (χ1) is 10.0. The minimum Gasteiger partial charge on any atom is -0.280 e. The van der Waals surface area contributed by atoms with Crippen LogP contribution in [0.4, 0.5) is 5.69 Å². The number of benzene rings is 2. The third-order valence-corrected chi connectivity index (χ3v) is 4.80. The van der Waals surface area contributed by atoms with Crippen molar-refractivity contribution in [3.8, 4) is 0 Å². The number of alkyl halides is 1. The van der Waals surface area contributed by atoms with Crippen LogP contribution in [0.1, 0.15) is 17.5 Å². The average molecular weight is 324 g/mol. The number of halogens is 1. The summed E-state index contributed by atoms with van der Waals surface area (Å²) < 4.78 is 27.1. The van der Waals surface area contributed by atoms with Crippen LogP contribution >= 0.6 is 11.6 Å². The van der Waals surface area contributed by atoms with Crippen LogP contribution < -0.4 is 4.72 Å². The van der Waals surface area contributed by atoms with E-state index in [1.165, 1.54) is 0 Å². The molecule has 3 nitrogen and oxygen atoms in total. The summed E-state index contributed by atoms with van der Waals surface area (Å²) in [6.45, 7) is 1.96. The standard InChI is InChI=1S/C16H18ClNO2S/c1-13-4-8-15(9-5-13)18-21(19,20)16-10-6-14(7-11-16)3-2-12-17/h4-11,18H,2-3,12H2,1H3.